The van der Waals surface area contributed by atoms with Crippen LogP contribution in [0, 0.1) is 0 Å². The SMILES string of the molecule is CN(CC(=O)Nc1ccccc1)C1CCNC1. The predicted octanol–water partition coefficient (Wildman–Crippen LogP) is 0.919. The minimum atomic E-state index is 0.0469. The Morgan fingerprint density at radius 2 is 2.24 bits per heavy atom. The zero-order valence-electron chi connectivity index (χ0n) is 10.1. The fourth-order valence-corrected chi connectivity index (χ4v) is 2.09. The second-order valence-corrected chi connectivity index (χ2v) is 4.48. The molecule has 0 spiro atoms. The van der Waals surface area contributed by atoms with E-state index in [1.165, 1.54) is 0 Å². The molecule has 2 N–H and O–H groups in total. The number of hydrogen-bond donors (Lipinski definition) is 2. The summed E-state index contributed by atoms with van der Waals surface area (Å²) in [6, 6.07) is 10.0. The van der Waals surface area contributed by atoms with Gasteiger partial charge in [-0.25, -0.2) is 0 Å². The number of hydrogen-bond acceptors (Lipinski definition) is 3. The zero-order chi connectivity index (χ0) is 12.1. The summed E-state index contributed by atoms with van der Waals surface area (Å²) < 4.78 is 0. The third kappa shape index (κ3) is 3.54. The highest BCUT2D eigenvalue weighted by Gasteiger charge is 2.20. The van der Waals surface area contributed by atoms with E-state index in [1.54, 1.807) is 0 Å². The molecule has 1 unspecified atom stereocenters. The largest absolute Gasteiger partial charge is 0.325 e. The van der Waals surface area contributed by atoms with Crippen molar-refractivity contribution < 1.29 is 4.79 Å². The van der Waals surface area contributed by atoms with E-state index in [0.29, 0.717) is 12.6 Å². The molecule has 4 heteroatoms. The van der Waals surface area contributed by atoms with Crippen molar-refractivity contribution in [1.82, 2.24) is 10.2 Å². The van der Waals surface area contributed by atoms with Crippen molar-refractivity contribution in [2.75, 3.05) is 32.0 Å². The number of para-hydroxylation sites is 1. The number of nitrogens with one attached hydrogen (secondary N) is 2. The van der Waals surface area contributed by atoms with Gasteiger partial charge in [-0.15, -0.1) is 0 Å². The first kappa shape index (κ1) is 12.1. The Bertz CT molecular complexity index is 360. The second-order valence-electron chi connectivity index (χ2n) is 4.48. The van der Waals surface area contributed by atoms with E-state index in [4.69, 9.17) is 0 Å². The molecular weight excluding hydrogens is 214 g/mol. The Labute approximate surface area is 102 Å². The molecule has 1 saturated heterocycles. The highest BCUT2D eigenvalue weighted by atomic mass is 16.2. The monoisotopic (exact) mass is 233 g/mol. The first-order valence-corrected chi connectivity index (χ1v) is 6.01. The van der Waals surface area contributed by atoms with E-state index in [0.717, 1.165) is 25.2 Å². The molecule has 0 saturated carbocycles. The van der Waals surface area contributed by atoms with Crippen LogP contribution < -0.4 is 10.6 Å². The minimum Gasteiger partial charge on any atom is -0.325 e. The third-order valence-electron chi connectivity index (χ3n) is 3.11. The Balaban J connectivity index is 1.80. The number of nitrogens with zero attached hydrogens (tertiary/aromatic N) is 1. The van der Waals surface area contributed by atoms with Crippen molar-refractivity contribution in [1.29, 1.82) is 0 Å². The molecule has 17 heavy (non-hydrogen) atoms. The molecule has 1 amide bonds. The van der Waals surface area contributed by atoms with Gasteiger partial charge in [0, 0.05) is 18.3 Å². The standard InChI is InChI=1S/C13H19N3O/c1-16(12-7-8-14-9-12)10-13(17)15-11-5-3-2-4-6-11/h2-6,12,14H,7-10H2,1H3,(H,15,17). The van der Waals surface area contributed by atoms with Crippen LogP contribution in [0.1, 0.15) is 6.42 Å². The summed E-state index contributed by atoms with van der Waals surface area (Å²) >= 11 is 0. The van der Waals surface area contributed by atoms with Crippen LogP contribution in [-0.4, -0.2) is 43.5 Å². The fraction of sp³-hybridized carbons (Fsp3) is 0.462. The summed E-state index contributed by atoms with van der Waals surface area (Å²) in [6.45, 7) is 2.48. The molecule has 1 aromatic carbocycles. The summed E-state index contributed by atoms with van der Waals surface area (Å²) in [5, 5.41) is 6.20. The van der Waals surface area contributed by atoms with Crippen LogP contribution in [0.25, 0.3) is 0 Å². The summed E-state index contributed by atoms with van der Waals surface area (Å²) in [6.07, 6.45) is 1.12. The van der Waals surface area contributed by atoms with Gasteiger partial charge in [0.1, 0.15) is 0 Å². The first-order chi connectivity index (χ1) is 8.25. The van der Waals surface area contributed by atoms with Crippen molar-refractivity contribution in [2.45, 2.75) is 12.5 Å². The molecular formula is C13H19N3O. The molecule has 1 fully saturated rings. The number of carbonyl (C=O) groups is 1. The Kier molecular flexibility index (Phi) is 4.12. The molecule has 0 bridgehead atoms. The van der Waals surface area contributed by atoms with Gasteiger partial charge in [0.05, 0.1) is 6.54 Å². The molecule has 1 atom stereocenters. The Morgan fingerprint density at radius 3 is 2.88 bits per heavy atom. The van der Waals surface area contributed by atoms with Crippen LogP contribution in [0.2, 0.25) is 0 Å². The lowest BCUT2D eigenvalue weighted by atomic mass is 10.2. The third-order valence-corrected chi connectivity index (χ3v) is 3.11. The number of anilines is 1. The summed E-state index contributed by atoms with van der Waals surface area (Å²) in [5.41, 5.74) is 0.857. The van der Waals surface area contributed by atoms with Gasteiger partial charge in [0.25, 0.3) is 0 Å². The van der Waals surface area contributed by atoms with Gasteiger partial charge in [0.2, 0.25) is 5.91 Å². The van der Waals surface area contributed by atoms with E-state index in [1.807, 2.05) is 37.4 Å². The smallest absolute Gasteiger partial charge is 0.238 e. The zero-order valence-corrected chi connectivity index (χ0v) is 10.1. The van der Waals surface area contributed by atoms with E-state index in [9.17, 15) is 4.79 Å². The number of amides is 1. The molecule has 1 aliphatic rings. The Morgan fingerprint density at radius 1 is 1.47 bits per heavy atom. The number of rotatable bonds is 4. The van der Waals surface area contributed by atoms with Gasteiger partial charge in [-0.2, -0.15) is 0 Å². The summed E-state index contributed by atoms with van der Waals surface area (Å²) in [7, 11) is 2.00. The van der Waals surface area contributed by atoms with Crippen molar-refractivity contribution in [3.63, 3.8) is 0 Å². The van der Waals surface area contributed by atoms with Gasteiger partial charge in [-0.05, 0) is 32.1 Å². The van der Waals surface area contributed by atoms with Crippen molar-refractivity contribution >= 4 is 11.6 Å². The molecule has 1 aromatic rings. The predicted molar refractivity (Wildman–Crippen MR) is 69.0 cm³/mol. The van der Waals surface area contributed by atoms with Crippen molar-refractivity contribution in [2.24, 2.45) is 0 Å². The van der Waals surface area contributed by atoms with Gasteiger partial charge in [0.15, 0.2) is 0 Å². The second kappa shape index (κ2) is 5.80. The molecule has 0 radical (unpaired) electrons. The maximum atomic E-state index is 11.8. The molecule has 1 aliphatic heterocycles. The number of carbonyl (C=O) groups excluding carboxylic acids is 1. The fourth-order valence-electron chi connectivity index (χ4n) is 2.09. The molecule has 0 aromatic heterocycles. The molecule has 0 aliphatic carbocycles. The van der Waals surface area contributed by atoms with Gasteiger partial charge in [-0.1, -0.05) is 18.2 Å². The van der Waals surface area contributed by atoms with Crippen molar-refractivity contribution in [3.8, 4) is 0 Å². The highest BCUT2D eigenvalue weighted by Crippen LogP contribution is 2.08. The van der Waals surface area contributed by atoms with Gasteiger partial charge >= 0.3 is 0 Å². The number of likely N-dealkylation sites (N-methyl/N-ethyl adjacent to an activating group) is 1. The lowest BCUT2D eigenvalue weighted by molar-refractivity contribution is -0.117. The topological polar surface area (TPSA) is 44.4 Å². The van der Waals surface area contributed by atoms with Crippen LogP contribution in [-0.2, 0) is 4.79 Å². The van der Waals surface area contributed by atoms with Crippen LogP contribution in [0.3, 0.4) is 0 Å². The lowest BCUT2D eigenvalue weighted by Crippen LogP contribution is -2.39. The van der Waals surface area contributed by atoms with Gasteiger partial charge < -0.3 is 10.6 Å². The normalized spacial score (nSPS) is 19.5. The molecule has 4 nitrogen and oxygen atoms in total. The van der Waals surface area contributed by atoms with Crippen LogP contribution in [0.4, 0.5) is 5.69 Å². The maximum Gasteiger partial charge on any atom is 0.238 e. The molecule has 1 heterocycles. The first-order valence-electron chi connectivity index (χ1n) is 6.01. The summed E-state index contributed by atoms with van der Waals surface area (Å²) in [5.74, 6) is 0.0469. The molecule has 2 rings (SSSR count). The Hall–Kier alpha value is -1.39. The molecule has 92 valence electrons. The summed E-state index contributed by atoms with van der Waals surface area (Å²) in [4.78, 5) is 13.9. The van der Waals surface area contributed by atoms with E-state index >= 15 is 0 Å². The average molecular weight is 233 g/mol. The average Bonchev–Trinajstić information content (AvgIpc) is 2.83. The van der Waals surface area contributed by atoms with E-state index < -0.39 is 0 Å². The van der Waals surface area contributed by atoms with Crippen LogP contribution in [0.5, 0.6) is 0 Å². The lowest BCUT2D eigenvalue weighted by Gasteiger charge is -2.22. The maximum absolute atomic E-state index is 11.8. The number of benzene rings is 1. The minimum absolute atomic E-state index is 0.0469. The van der Waals surface area contributed by atoms with E-state index in [-0.39, 0.29) is 5.91 Å². The quantitative estimate of drug-likeness (QED) is 0.813. The van der Waals surface area contributed by atoms with Crippen molar-refractivity contribution in [3.05, 3.63) is 30.3 Å². The van der Waals surface area contributed by atoms with Gasteiger partial charge in [-0.3, -0.25) is 9.69 Å². The van der Waals surface area contributed by atoms with Crippen LogP contribution in [0.15, 0.2) is 30.3 Å². The van der Waals surface area contributed by atoms with E-state index in [2.05, 4.69) is 15.5 Å². The van der Waals surface area contributed by atoms with Crippen LogP contribution >= 0.6 is 0 Å². The highest BCUT2D eigenvalue weighted by molar-refractivity contribution is 5.92.